The Balaban J connectivity index is 2.61. The molecule has 7 nitrogen and oxygen atoms in total. The molecular weight excluding hydrogens is 440 g/mol. The van der Waals surface area contributed by atoms with E-state index in [1.165, 1.54) is 30.7 Å². The minimum absolute atomic E-state index is 0.0241. The van der Waals surface area contributed by atoms with Crippen molar-refractivity contribution in [3.8, 4) is 11.5 Å². The van der Waals surface area contributed by atoms with Crippen LogP contribution in [0.25, 0.3) is 0 Å². The fourth-order valence-electron chi connectivity index (χ4n) is 3.20. The number of carbonyl (C=O) groups excluding carboxylic acids is 1. The van der Waals surface area contributed by atoms with Crippen molar-refractivity contribution >= 4 is 33.2 Å². The van der Waals surface area contributed by atoms with E-state index in [0.29, 0.717) is 16.5 Å². The lowest BCUT2D eigenvalue weighted by molar-refractivity contribution is 0.0938. The molecule has 0 saturated heterocycles. The smallest absolute Gasteiger partial charge is 0.253 e. The van der Waals surface area contributed by atoms with E-state index in [1.807, 2.05) is 13.8 Å². The van der Waals surface area contributed by atoms with Gasteiger partial charge < -0.3 is 14.8 Å². The topological polar surface area (TPSA) is 84.9 Å². The van der Waals surface area contributed by atoms with Crippen LogP contribution in [-0.2, 0) is 16.6 Å². The fourth-order valence-corrected chi connectivity index (χ4v) is 4.22. The van der Waals surface area contributed by atoms with Gasteiger partial charge in [0.05, 0.1) is 38.3 Å². The summed E-state index contributed by atoms with van der Waals surface area (Å²) >= 11 is 5.95. The van der Waals surface area contributed by atoms with E-state index in [4.69, 9.17) is 21.1 Å². The monoisotopic (exact) mass is 468 g/mol. The summed E-state index contributed by atoms with van der Waals surface area (Å²) in [6, 6.07) is 9.80. The zero-order chi connectivity index (χ0) is 23.2. The van der Waals surface area contributed by atoms with Gasteiger partial charge in [-0.1, -0.05) is 37.1 Å². The maximum absolute atomic E-state index is 13.1. The summed E-state index contributed by atoms with van der Waals surface area (Å²) in [7, 11) is -0.829. The standard InChI is InChI=1S/C22H29ClN2O5S/c1-6-7-15(2)24-22(26)18-12-20(29-3)21(30-4)13-19(18)25(31(5,27)28)14-16-8-10-17(23)11-9-16/h8-13,15H,6-7,14H2,1-5H3,(H,24,26)/t15-/m0/s1. The van der Waals surface area contributed by atoms with Crippen LogP contribution in [0, 0.1) is 0 Å². The van der Waals surface area contributed by atoms with Crippen molar-refractivity contribution in [1.29, 1.82) is 0 Å². The first-order valence-corrected chi connectivity index (χ1v) is 12.1. The van der Waals surface area contributed by atoms with Crippen molar-refractivity contribution in [1.82, 2.24) is 5.32 Å². The van der Waals surface area contributed by atoms with Gasteiger partial charge in [-0.05, 0) is 37.1 Å². The van der Waals surface area contributed by atoms with Gasteiger partial charge in [-0.3, -0.25) is 9.10 Å². The number of rotatable bonds is 10. The first-order valence-electron chi connectivity index (χ1n) is 9.89. The third-order valence-electron chi connectivity index (χ3n) is 4.75. The van der Waals surface area contributed by atoms with Gasteiger partial charge in [0.1, 0.15) is 0 Å². The fraction of sp³-hybridized carbons (Fsp3) is 0.409. The maximum Gasteiger partial charge on any atom is 0.253 e. The van der Waals surface area contributed by atoms with Gasteiger partial charge >= 0.3 is 0 Å². The van der Waals surface area contributed by atoms with E-state index in [-0.39, 0.29) is 29.7 Å². The van der Waals surface area contributed by atoms with Crippen molar-refractivity contribution < 1.29 is 22.7 Å². The average Bonchev–Trinajstić information content (AvgIpc) is 2.71. The van der Waals surface area contributed by atoms with Gasteiger partial charge in [0.15, 0.2) is 11.5 Å². The summed E-state index contributed by atoms with van der Waals surface area (Å²) < 4.78 is 37.4. The van der Waals surface area contributed by atoms with Crippen LogP contribution in [0.1, 0.15) is 42.6 Å². The van der Waals surface area contributed by atoms with Crippen LogP contribution in [0.3, 0.4) is 0 Å². The first-order chi connectivity index (χ1) is 14.6. The Labute approximate surface area is 189 Å². The number of carbonyl (C=O) groups is 1. The van der Waals surface area contributed by atoms with Crippen molar-refractivity contribution in [2.75, 3.05) is 24.8 Å². The zero-order valence-electron chi connectivity index (χ0n) is 18.4. The van der Waals surface area contributed by atoms with E-state index < -0.39 is 10.0 Å². The highest BCUT2D eigenvalue weighted by Gasteiger charge is 2.27. The van der Waals surface area contributed by atoms with Crippen LogP contribution in [0.15, 0.2) is 36.4 Å². The van der Waals surface area contributed by atoms with Crippen molar-refractivity contribution in [2.45, 2.75) is 39.3 Å². The highest BCUT2D eigenvalue weighted by atomic mass is 35.5. The molecule has 2 aromatic rings. The van der Waals surface area contributed by atoms with Crippen molar-refractivity contribution in [2.24, 2.45) is 0 Å². The number of nitrogens with one attached hydrogen (secondary N) is 1. The minimum atomic E-state index is -3.74. The lowest BCUT2D eigenvalue weighted by Crippen LogP contribution is -2.35. The predicted molar refractivity (Wildman–Crippen MR) is 124 cm³/mol. The molecule has 1 amide bonds. The number of hydrogen-bond donors (Lipinski definition) is 1. The summed E-state index contributed by atoms with van der Waals surface area (Å²) in [5, 5.41) is 3.48. The van der Waals surface area contributed by atoms with Gasteiger partial charge in [0, 0.05) is 17.1 Å². The molecule has 0 heterocycles. The number of sulfonamides is 1. The molecule has 0 unspecified atom stereocenters. The number of hydrogen-bond acceptors (Lipinski definition) is 5. The first kappa shape index (κ1) is 24.8. The molecule has 0 aliphatic carbocycles. The Morgan fingerprint density at radius 3 is 2.23 bits per heavy atom. The number of anilines is 1. The van der Waals surface area contributed by atoms with E-state index in [9.17, 15) is 13.2 Å². The third kappa shape index (κ3) is 6.51. The van der Waals surface area contributed by atoms with Crippen molar-refractivity contribution in [3.05, 3.63) is 52.5 Å². The molecule has 1 atom stereocenters. The molecule has 0 fully saturated rings. The van der Waals surface area contributed by atoms with Crippen LogP contribution in [0.4, 0.5) is 5.69 Å². The second-order valence-corrected chi connectivity index (χ2v) is 9.63. The minimum Gasteiger partial charge on any atom is -0.493 e. The number of ether oxygens (including phenoxy) is 2. The number of benzene rings is 2. The molecule has 0 aliphatic heterocycles. The molecule has 0 spiro atoms. The summed E-state index contributed by atoms with van der Waals surface area (Å²) in [6.45, 7) is 3.96. The summed E-state index contributed by atoms with van der Waals surface area (Å²) in [5.74, 6) is 0.265. The van der Waals surface area contributed by atoms with Gasteiger partial charge in [-0.25, -0.2) is 8.42 Å². The van der Waals surface area contributed by atoms with Gasteiger partial charge in [0.25, 0.3) is 5.91 Å². The Hall–Kier alpha value is -2.45. The quantitative estimate of drug-likeness (QED) is 0.563. The molecule has 0 aliphatic rings. The molecule has 31 heavy (non-hydrogen) atoms. The highest BCUT2D eigenvalue weighted by Crippen LogP contribution is 2.37. The average molecular weight is 469 g/mol. The Bertz CT molecular complexity index is 1010. The summed E-state index contributed by atoms with van der Waals surface area (Å²) in [6.07, 6.45) is 2.81. The third-order valence-corrected chi connectivity index (χ3v) is 6.13. The number of halogens is 1. The van der Waals surface area contributed by atoms with E-state index in [1.54, 1.807) is 24.3 Å². The molecule has 0 aromatic heterocycles. The van der Waals surface area contributed by atoms with E-state index in [0.717, 1.165) is 24.7 Å². The molecule has 0 radical (unpaired) electrons. The zero-order valence-corrected chi connectivity index (χ0v) is 20.0. The molecule has 2 aromatic carbocycles. The van der Waals surface area contributed by atoms with Gasteiger partial charge in [-0.15, -0.1) is 0 Å². The largest absolute Gasteiger partial charge is 0.493 e. The molecule has 1 N–H and O–H groups in total. The Morgan fingerprint density at radius 1 is 1.13 bits per heavy atom. The molecule has 170 valence electrons. The maximum atomic E-state index is 13.1. The van der Waals surface area contributed by atoms with Crippen LogP contribution in [0.2, 0.25) is 5.02 Å². The van der Waals surface area contributed by atoms with Gasteiger partial charge in [-0.2, -0.15) is 0 Å². The lowest BCUT2D eigenvalue weighted by atomic mass is 10.1. The molecule has 2 rings (SSSR count). The summed E-state index contributed by atoms with van der Waals surface area (Å²) in [4.78, 5) is 13.1. The van der Waals surface area contributed by atoms with Crippen LogP contribution in [-0.4, -0.2) is 40.8 Å². The number of nitrogens with zero attached hydrogens (tertiary/aromatic N) is 1. The summed E-state index contributed by atoms with van der Waals surface area (Å²) in [5.41, 5.74) is 1.10. The second kappa shape index (κ2) is 10.7. The number of amides is 1. The molecular formula is C22H29ClN2O5S. The molecule has 0 bridgehead atoms. The molecule has 9 heteroatoms. The van der Waals surface area contributed by atoms with Crippen LogP contribution >= 0.6 is 11.6 Å². The van der Waals surface area contributed by atoms with Crippen molar-refractivity contribution in [3.63, 3.8) is 0 Å². The molecule has 0 saturated carbocycles. The van der Waals surface area contributed by atoms with Gasteiger partial charge in [0.2, 0.25) is 10.0 Å². The second-order valence-electron chi connectivity index (χ2n) is 7.28. The lowest BCUT2D eigenvalue weighted by Gasteiger charge is -2.26. The number of methoxy groups -OCH3 is 2. The SMILES string of the molecule is CCC[C@H](C)NC(=O)c1cc(OC)c(OC)cc1N(Cc1ccc(Cl)cc1)S(C)(=O)=O. The van der Waals surface area contributed by atoms with E-state index in [2.05, 4.69) is 5.32 Å². The normalized spacial score (nSPS) is 12.2. The van der Waals surface area contributed by atoms with Crippen LogP contribution in [0.5, 0.6) is 11.5 Å². The Morgan fingerprint density at radius 2 is 1.71 bits per heavy atom. The predicted octanol–water partition coefficient (Wildman–Crippen LogP) is 4.24. The van der Waals surface area contributed by atoms with Crippen LogP contribution < -0.4 is 19.1 Å². The highest BCUT2D eigenvalue weighted by molar-refractivity contribution is 7.92. The van der Waals surface area contributed by atoms with E-state index >= 15 is 0 Å². The Kier molecular flexibility index (Phi) is 8.59.